The van der Waals surface area contributed by atoms with Crippen LogP contribution in [0.15, 0.2) is 24.3 Å². The van der Waals surface area contributed by atoms with Crippen LogP contribution < -0.4 is 5.32 Å². The molecule has 1 aliphatic rings. The van der Waals surface area contributed by atoms with Crippen molar-refractivity contribution in [1.82, 2.24) is 10.2 Å². The summed E-state index contributed by atoms with van der Waals surface area (Å²) in [5.41, 5.74) is 0.990. The van der Waals surface area contributed by atoms with Gasteiger partial charge in [-0.25, -0.2) is 4.79 Å². The molecule has 2 rings (SSSR count). The van der Waals surface area contributed by atoms with Crippen LogP contribution in [-0.4, -0.2) is 34.6 Å². The average molecular weight is 339 g/mol. The second-order valence-electron chi connectivity index (χ2n) is 5.98. The third-order valence-electron chi connectivity index (χ3n) is 4.34. The van der Waals surface area contributed by atoms with Crippen LogP contribution in [0.1, 0.15) is 38.2 Å². The molecule has 126 valence electrons. The summed E-state index contributed by atoms with van der Waals surface area (Å²) in [5.74, 6) is -0.997. The number of urea groups is 1. The van der Waals surface area contributed by atoms with E-state index >= 15 is 0 Å². The Kier molecular flexibility index (Phi) is 6.28. The molecule has 1 aromatic rings. The first-order chi connectivity index (χ1) is 11.0. The highest BCUT2D eigenvalue weighted by Gasteiger charge is 2.27. The van der Waals surface area contributed by atoms with Gasteiger partial charge in [-0.05, 0) is 50.3 Å². The zero-order valence-corrected chi connectivity index (χ0v) is 14.1. The SMILES string of the molecule is CCN(Cc1cccc(Cl)c1)C(=O)NC1CCC(C(=O)O)CC1. The monoisotopic (exact) mass is 338 g/mol. The molecule has 0 saturated heterocycles. The molecule has 2 N–H and O–H groups in total. The van der Waals surface area contributed by atoms with Gasteiger partial charge in [-0.15, -0.1) is 0 Å². The molecule has 0 unspecified atom stereocenters. The Morgan fingerprint density at radius 3 is 2.57 bits per heavy atom. The van der Waals surface area contributed by atoms with Crippen LogP contribution in [0.3, 0.4) is 0 Å². The largest absolute Gasteiger partial charge is 0.481 e. The lowest BCUT2D eigenvalue weighted by Gasteiger charge is -2.30. The van der Waals surface area contributed by atoms with Gasteiger partial charge in [-0.2, -0.15) is 0 Å². The highest BCUT2D eigenvalue weighted by molar-refractivity contribution is 6.30. The molecule has 1 aliphatic carbocycles. The first-order valence-electron chi connectivity index (χ1n) is 8.02. The van der Waals surface area contributed by atoms with E-state index in [2.05, 4.69) is 5.32 Å². The van der Waals surface area contributed by atoms with E-state index in [0.717, 1.165) is 18.4 Å². The first kappa shape index (κ1) is 17.6. The van der Waals surface area contributed by atoms with Crippen LogP contribution in [-0.2, 0) is 11.3 Å². The van der Waals surface area contributed by atoms with Gasteiger partial charge in [-0.1, -0.05) is 23.7 Å². The summed E-state index contributed by atoms with van der Waals surface area (Å²) in [4.78, 5) is 25.1. The van der Waals surface area contributed by atoms with Crippen LogP contribution in [0.4, 0.5) is 4.79 Å². The first-order valence-corrected chi connectivity index (χ1v) is 8.40. The van der Waals surface area contributed by atoms with Crippen LogP contribution in [0.5, 0.6) is 0 Å². The molecule has 5 nitrogen and oxygen atoms in total. The van der Waals surface area contributed by atoms with E-state index in [-0.39, 0.29) is 18.0 Å². The van der Waals surface area contributed by atoms with E-state index < -0.39 is 5.97 Å². The molecule has 1 saturated carbocycles. The van der Waals surface area contributed by atoms with Gasteiger partial charge < -0.3 is 15.3 Å². The summed E-state index contributed by atoms with van der Waals surface area (Å²) in [6, 6.07) is 7.44. The Morgan fingerprint density at radius 1 is 1.30 bits per heavy atom. The average Bonchev–Trinajstić information content (AvgIpc) is 2.53. The van der Waals surface area contributed by atoms with Crippen molar-refractivity contribution in [2.75, 3.05) is 6.54 Å². The number of nitrogens with one attached hydrogen (secondary N) is 1. The molecule has 2 amide bonds. The number of rotatable bonds is 5. The van der Waals surface area contributed by atoms with Crippen molar-refractivity contribution in [3.8, 4) is 0 Å². The van der Waals surface area contributed by atoms with Gasteiger partial charge in [0, 0.05) is 24.2 Å². The number of nitrogens with zero attached hydrogens (tertiary/aromatic N) is 1. The van der Waals surface area contributed by atoms with Gasteiger partial charge in [0.05, 0.1) is 5.92 Å². The minimum Gasteiger partial charge on any atom is -0.481 e. The molecular weight excluding hydrogens is 316 g/mol. The van der Waals surface area contributed by atoms with Crippen LogP contribution in [0, 0.1) is 5.92 Å². The van der Waals surface area contributed by atoms with E-state index in [9.17, 15) is 9.59 Å². The van der Waals surface area contributed by atoms with Gasteiger partial charge in [0.1, 0.15) is 0 Å². The van der Waals surface area contributed by atoms with Crippen molar-refractivity contribution in [2.24, 2.45) is 5.92 Å². The molecule has 1 aromatic carbocycles. The molecule has 0 aliphatic heterocycles. The summed E-state index contributed by atoms with van der Waals surface area (Å²) in [6.45, 7) is 3.04. The summed E-state index contributed by atoms with van der Waals surface area (Å²) < 4.78 is 0. The number of halogens is 1. The zero-order valence-electron chi connectivity index (χ0n) is 13.3. The maximum absolute atomic E-state index is 12.4. The highest BCUT2D eigenvalue weighted by atomic mass is 35.5. The lowest BCUT2D eigenvalue weighted by Crippen LogP contribution is -2.46. The molecule has 23 heavy (non-hydrogen) atoms. The van der Waals surface area contributed by atoms with Crippen molar-refractivity contribution in [3.63, 3.8) is 0 Å². The number of carboxylic acids is 1. The molecule has 0 radical (unpaired) electrons. The van der Waals surface area contributed by atoms with Crippen molar-refractivity contribution in [1.29, 1.82) is 0 Å². The lowest BCUT2D eigenvalue weighted by molar-refractivity contribution is -0.142. The number of carbonyl (C=O) groups excluding carboxylic acids is 1. The van der Waals surface area contributed by atoms with E-state index in [4.69, 9.17) is 16.7 Å². The maximum Gasteiger partial charge on any atom is 0.317 e. The Bertz CT molecular complexity index is 557. The number of carboxylic acid groups (broad SMARTS) is 1. The molecular formula is C17H23ClN2O3. The number of carbonyl (C=O) groups is 2. The summed E-state index contributed by atoms with van der Waals surface area (Å²) in [5, 5.41) is 12.7. The fourth-order valence-electron chi connectivity index (χ4n) is 2.93. The number of amides is 2. The summed E-state index contributed by atoms with van der Waals surface area (Å²) in [7, 11) is 0. The van der Waals surface area contributed by atoms with Crippen LogP contribution in [0.2, 0.25) is 5.02 Å². The van der Waals surface area contributed by atoms with E-state index in [1.807, 2.05) is 31.2 Å². The minimum atomic E-state index is -0.731. The van der Waals surface area contributed by atoms with Crippen LogP contribution >= 0.6 is 11.6 Å². The third-order valence-corrected chi connectivity index (χ3v) is 4.57. The van der Waals surface area contributed by atoms with Gasteiger partial charge in [0.25, 0.3) is 0 Å². The Balaban J connectivity index is 1.87. The minimum absolute atomic E-state index is 0.0616. The van der Waals surface area contributed by atoms with E-state index in [1.165, 1.54) is 0 Å². The molecule has 0 spiro atoms. The Hall–Kier alpha value is -1.75. The molecule has 1 fully saturated rings. The molecule has 0 atom stereocenters. The van der Waals surface area contributed by atoms with Gasteiger partial charge >= 0.3 is 12.0 Å². The standard InChI is InChI=1S/C17H23ClN2O3/c1-2-20(11-12-4-3-5-14(18)10-12)17(23)19-15-8-6-13(7-9-15)16(21)22/h3-5,10,13,15H,2,6-9,11H2,1H3,(H,19,23)(H,21,22). The predicted molar refractivity (Wildman–Crippen MR) is 89.4 cm³/mol. The maximum atomic E-state index is 12.4. The summed E-state index contributed by atoms with van der Waals surface area (Å²) >= 11 is 5.98. The predicted octanol–water partition coefficient (Wildman–Crippen LogP) is 3.51. The van der Waals surface area contributed by atoms with E-state index in [1.54, 1.807) is 4.90 Å². The number of hydrogen-bond acceptors (Lipinski definition) is 2. The fraction of sp³-hybridized carbons (Fsp3) is 0.529. The van der Waals surface area contributed by atoms with Crippen molar-refractivity contribution < 1.29 is 14.7 Å². The fourth-order valence-corrected chi connectivity index (χ4v) is 3.15. The van der Waals surface area contributed by atoms with Crippen molar-refractivity contribution in [2.45, 2.75) is 45.2 Å². The number of hydrogen-bond donors (Lipinski definition) is 2. The van der Waals surface area contributed by atoms with E-state index in [0.29, 0.717) is 31.0 Å². The molecule has 0 bridgehead atoms. The van der Waals surface area contributed by atoms with Gasteiger partial charge in [0.2, 0.25) is 0 Å². The second kappa shape index (κ2) is 8.20. The van der Waals surface area contributed by atoms with Gasteiger partial charge in [0.15, 0.2) is 0 Å². The normalized spacial score (nSPS) is 20.8. The highest BCUT2D eigenvalue weighted by Crippen LogP contribution is 2.24. The zero-order chi connectivity index (χ0) is 16.8. The number of aliphatic carboxylic acids is 1. The topological polar surface area (TPSA) is 69.6 Å². The molecule has 0 heterocycles. The van der Waals surface area contributed by atoms with Crippen LogP contribution in [0.25, 0.3) is 0 Å². The summed E-state index contributed by atoms with van der Waals surface area (Å²) in [6.07, 6.45) is 2.69. The Labute approximate surface area is 141 Å². The third kappa shape index (κ3) is 5.13. The molecule has 0 aromatic heterocycles. The lowest BCUT2D eigenvalue weighted by atomic mass is 9.86. The Morgan fingerprint density at radius 2 is 2.00 bits per heavy atom. The number of benzene rings is 1. The van der Waals surface area contributed by atoms with Gasteiger partial charge in [-0.3, -0.25) is 4.79 Å². The molecule has 6 heteroatoms. The van der Waals surface area contributed by atoms with Crippen molar-refractivity contribution >= 4 is 23.6 Å². The quantitative estimate of drug-likeness (QED) is 0.863. The van der Waals surface area contributed by atoms with Crippen molar-refractivity contribution in [3.05, 3.63) is 34.9 Å². The second-order valence-corrected chi connectivity index (χ2v) is 6.42. The smallest absolute Gasteiger partial charge is 0.317 e.